The lowest BCUT2D eigenvalue weighted by molar-refractivity contribution is -0.116. The first-order chi connectivity index (χ1) is 10.6. The summed E-state index contributed by atoms with van der Waals surface area (Å²) >= 11 is 0. The Hall–Kier alpha value is -2.56. The van der Waals surface area contributed by atoms with Crippen LogP contribution in [0.15, 0.2) is 42.5 Å². The number of nitrogens with one attached hydrogen (secondary N) is 1. The Kier molecular flexibility index (Phi) is 5.36. The standard InChI is InChI=1S/C17H18FNO3/c1-21-13-9-12(10-14(11-13)22-2)7-8-17(20)19-16-6-4-3-5-15(16)18/h3-6,9-11H,7-8H2,1-2H3,(H,19,20). The molecule has 0 radical (unpaired) electrons. The minimum atomic E-state index is -0.445. The molecule has 0 bridgehead atoms. The number of hydrogen-bond acceptors (Lipinski definition) is 3. The van der Waals surface area contributed by atoms with E-state index in [1.807, 2.05) is 12.1 Å². The zero-order valence-corrected chi connectivity index (χ0v) is 12.6. The van der Waals surface area contributed by atoms with Crippen LogP contribution >= 0.6 is 0 Å². The Labute approximate surface area is 128 Å². The summed E-state index contributed by atoms with van der Waals surface area (Å²) < 4.78 is 23.8. The van der Waals surface area contributed by atoms with Gasteiger partial charge in [-0.1, -0.05) is 12.1 Å². The van der Waals surface area contributed by atoms with Crippen LogP contribution in [0.4, 0.5) is 10.1 Å². The van der Waals surface area contributed by atoms with E-state index in [1.165, 1.54) is 12.1 Å². The van der Waals surface area contributed by atoms with Gasteiger partial charge in [0.15, 0.2) is 0 Å². The molecule has 2 aromatic carbocycles. The third-order valence-electron chi connectivity index (χ3n) is 3.20. The fourth-order valence-corrected chi connectivity index (χ4v) is 2.04. The summed E-state index contributed by atoms with van der Waals surface area (Å²) in [5, 5.41) is 2.56. The van der Waals surface area contributed by atoms with Crippen molar-refractivity contribution in [1.82, 2.24) is 0 Å². The quantitative estimate of drug-likeness (QED) is 0.889. The number of benzene rings is 2. The average Bonchev–Trinajstić information content (AvgIpc) is 2.54. The second kappa shape index (κ2) is 7.45. The molecule has 22 heavy (non-hydrogen) atoms. The zero-order valence-electron chi connectivity index (χ0n) is 12.6. The van der Waals surface area contributed by atoms with Gasteiger partial charge in [0, 0.05) is 12.5 Å². The van der Waals surface area contributed by atoms with Gasteiger partial charge < -0.3 is 14.8 Å². The monoisotopic (exact) mass is 303 g/mol. The van der Waals surface area contributed by atoms with Crippen molar-refractivity contribution < 1.29 is 18.7 Å². The number of hydrogen-bond donors (Lipinski definition) is 1. The van der Waals surface area contributed by atoms with E-state index < -0.39 is 5.82 Å². The third-order valence-corrected chi connectivity index (χ3v) is 3.20. The Morgan fingerprint density at radius 3 is 2.32 bits per heavy atom. The molecule has 0 spiro atoms. The molecule has 2 aromatic rings. The second-order valence-electron chi connectivity index (χ2n) is 4.75. The lowest BCUT2D eigenvalue weighted by Crippen LogP contribution is -2.13. The van der Waals surface area contributed by atoms with E-state index in [0.29, 0.717) is 17.9 Å². The minimum Gasteiger partial charge on any atom is -0.497 e. The highest BCUT2D eigenvalue weighted by atomic mass is 19.1. The smallest absolute Gasteiger partial charge is 0.224 e. The highest BCUT2D eigenvalue weighted by molar-refractivity contribution is 5.90. The van der Waals surface area contributed by atoms with Crippen LogP contribution in [0.5, 0.6) is 11.5 Å². The van der Waals surface area contributed by atoms with Crippen molar-refractivity contribution in [2.45, 2.75) is 12.8 Å². The van der Waals surface area contributed by atoms with Crippen LogP contribution in [0.1, 0.15) is 12.0 Å². The molecule has 0 saturated carbocycles. The van der Waals surface area contributed by atoms with Crippen LogP contribution in [0.3, 0.4) is 0 Å². The highest BCUT2D eigenvalue weighted by Gasteiger charge is 2.08. The molecule has 0 atom stereocenters. The van der Waals surface area contributed by atoms with Crippen molar-refractivity contribution in [3.8, 4) is 11.5 Å². The summed E-state index contributed by atoms with van der Waals surface area (Å²) in [5.74, 6) is 0.651. The molecule has 0 saturated heterocycles. The van der Waals surface area contributed by atoms with Crippen molar-refractivity contribution >= 4 is 11.6 Å². The molecule has 0 fully saturated rings. The van der Waals surface area contributed by atoms with Crippen LogP contribution < -0.4 is 14.8 Å². The van der Waals surface area contributed by atoms with E-state index in [0.717, 1.165) is 5.56 Å². The third kappa shape index (κ3) is 4.22. The number of rotatable bonds is 6. The SMILES string of the molecule is COc1cc(CCC(=O)Nc2ccccc2F)cc(OC)c1. The predicted octanol–water partition coefficient (Wildman–Crippen LogP) is 3.41. The van der Waals surface area contributed by atoms with Crippen LogP contribution in [0.2, 0.25) is 0 Å². The number of carbonyl (C=O) groups is 1. The Balaban J connectivity index is 1.98. The lowest BCUT2D eigenvalue weighted by Gasteiger charge is -2.09. The van der Waals surface area contributed by atoms with Crippen LogP contribution in [-0.4, -0.2) is 20.1 Å². The number of aryl methyl sites for hydroxylation is 1. The Bertz CT molecular complexity index is 636. The van der Waals surface area contributed by atoms with E-state index >= 15 is 0 Å². The van der Waals surface area contributed by atoms with Gasteiger partial charge >= 0.3 is 0 Å². The molecule has 2 rings (SSSR count). The Morgan fingerprint density at radius 1 is 1.09 bits per heavy atom. The van der Waals surface area contributed by atoms with E-state index in [2.05, 4.69) is 5.32 Å². The number of halogens is 1. The summed E-state index contributed by atoms with van der Waals surface area (Å²) in [6.45, 7) is 0. The zero-order chi connectivity index (χ0) is 15.9. The molecule has 0 heterocycles. The highest BCUT2D eigenvalue weighted by Crippen LogP contribution is 2.23. The topological polar surface area (TPSA) is 47.6 Å². The molecule has 4 nitrogen and oxygen atoms in total. The van der Waals surface area contributed by atoms with Crippen molar-refractivity contribution in [3.05, 3.63) is 53.8 Å². The van der Waals surface area contributed by atoms with Crippen LogP contribution in [0, 0.1) is 5.82 Å². The van der Waals surface area contributed by atoms with Gasteiger partial charge in [-0.2, -0.15) is 0 Å². The van der Waals surface area contributed by atoms with Gasteiger partial charge in [-0.25, -0.2) is 4.39 Å². The molecule has 0 aliphatic heterocycles. The van der Waals surface area contributed by atoms with Crippen LogP contribution in [0.25, 0.3) is 0 Å². The largest absolute Gasteiger partial charge is 0.497 e. The summed E-state index contributed by atoms with van der Waals surface area (Å²) in [6, 6.07) is 11.5. The average molecular weight is 303 g/mol. The summed E-state index contributed by atoms with van der Waals surface area (Å²) in [4.78, 5) is 11.9. The van der Waals surface area contributed by atoms with E-state index in [4.69, 9.17) is 9.47 Å². The van der Waals surface area contributed by atoms with Gasteiger partial charge in [-0.15, -0.1) is 0 Å². The van der Waals surface area contributed by atoms with Gasteiger partial charge in [0.25, 0.3) is 0 Å². The molecule has 1 N–H and O–H groups in total. The first-order valence-electron chi connectivity index (χ1n) is 6.88. The number of para-hydroxylation sites is 1. The van der Waals surface area contributed by atoms with Crippen LogP contribution in [-0.2, 0) is 11.2 Å². The number of ether oxygens (including phenoxy) is 2. The number of anilines is 1. The number of amides is 1. The Morgan fingerprint density at radius 2 is 1.73 bits per heavy atom. The molecular weight excluding hydrogens is 285 g/mol. The maximum Gasteiger partial charge on any atom is 0.224 e. The molecule has 5 heteroatoms. The van der Waals surface area contributed by atoms with Gasteiger partial charge in [-0.3, -0.25) is 4.79 Å². The fraction of sp³-hybridized carbons (Fsp3) is 0.235. The normalized spacial score (nSPS) is 10.1. The second-order valence-corrected chi connectivity index (χ2v) is 4.75. The van der Waals surface area contributed by atoms with Crippen molar-refractivity contribution in [3.63, 3.8) is 0 Å². The first kappa shape index (κ1) is 15.8. The summed E-state index contributed by atoms with van der Waals surface area (Å²) in [5.41, 5.74) is 1.11. The molecule has 0 unspecified atom stereocenters. The molecule has 0 aliphatic rings. The molecule has 116 valence electrons. The van der Waals surface area contributed by atoms with Gasteiger partial charge in [0.05, 0.1) is 19.9 Å². The summed E-state index contributed by atoms with van der Waals surface area (Å²) in [7, 11) is 3.15. The van der Waals surface area contributed by atoms with E-state index in [-0.39, 0.29) is 18.0 Å². The molecule has 1 amide bonds. The van der Waals surface area contributed by atoms with Crippen molar-refractivity contribution in [2.75, 3.05) is 19.5 Å². The number of carbonyl (C=O) groups excluding carboxylic acids is 1. The van der Waals surface area contributed by atoms with E-state index in [1.54, 1.807) is 32.4 Å². The molecule has 0 aliphatic carbocycles. The lowest BCUT2D eigenvalue weighted by atomic mass is 10.1. The molecule has 0 aromatic heterocycles. The minimum absolute atomic E-state index is 0.190. The van der Waals surface area contributed by atoms with Crippen molar-refractivity contribution in [2.24, 2.45) is 0 Å². The maximum absolute atomic E-state index is 13.5. The first-order valence-corrected chi connectivity index (χ1v) is 6.88. The van der Waals surface area contributed by atoms with Gasteiger partial charge in [0.1, 0.15) is 17.3 Å². The molecular formula is C17H18FNO3. The van der Waals surface area contributed by atoms with Gasteiger partial charge in [0.2, 0.25) is 5.91 Å². The van der Waals surface area contributed by atoms with Gasteiger partial charge in [-0.05, 0) is 36.2 Å². The maximum atomic E-state index is 13.5. The number of methoxy groups -OCH3 is 2. The van der Waals surface area contributed by atoms with E-state index in [9.17, 15) is 9.18 Å². The predicted molar refractivity (Wildman–Crippen MR) is 82.9 cm³/mol. The van der Waals surface area contributed by atoms with Crippen molar-refractivity contribution in [1.29, 1.82) is 0 Å². The fourth-order valence-electron chi connectivity index (χ4n) is 2.04. The summed E-state index contributed by atoms with van der Waals surface area (Å²) in [6.07, 6.45) is 0.749.